The Hall–Kier alpha value is -2.38. The number of esters is 1. The zero-order valence-electron chi connectivity index (χ0n) is 17.8. The predicted molar refractivity (Wildman–Crippen MR) is 116 cm³/mol. The normalized spacial score (nSPS) is 18.4. The number of hydrogen-bond acceptors (Lipinski definition) is 7. The number of ether oxygens (including phenoxy) is 3. The molecule has 8 heteroatoms. The summed E-state index contributed by atoms with van der Waals surface area (Å²) >= 11 is 6.49. The van der Waals surface area contributed by atoms with Crippen LogP contribution in [0, 0.1) is 0 Å². The number of nitrogens with one attached hydrogen (secondary N) is 1. The van der Waals surface area contributed by atoms with E-state index in [1.165, 1.54) is 0 Å². The first-order valence-electron chi connectivity index (χ1n) is 10.3. The van der Waals surface area contributed by atoms with Crippen LogP contribution in [-0.4, -0.2) is 48.4 Å². The van der Waals surface area contributed by atoms with Gasteiger partial charge < -0.3 is 19.5 Å². The van der Waals surface area contributed by atoms with Gasteiger partial charge in [-0.2, -0.15) is 0 Å². The number of carbonyl (C=O) groups is 1. The minimum absolute atomic E-state index is 0.242. The molecular weight excluding hydrogens is 406 g/mol. The van der Waals surface area contributed by atoms with Crippen molar-refractivity contribution in [2.45, 2.75) is 52.2 Å². The van der Waals surface area contributed by atoms with Crippen LogP contribution in [0.4, 0.5) is 5.82 Å². The van der Waals surface area contributed by atoms with Crippen molar-refractivity contribution in [1.29, 1.82) is 0 Å². The number of anilines is 1. The summed E-state index contributed by atoms with van der Waals surface area (Å²) in [6, 6.07) is 4.90. The number of aryl methyl sites for hydroxylation is 2. The van der Waals surface area contributed by atoms with Crippen molar-refractivity contribution >= 4 is 23.4 Å². The molecule has 0 aliphatic carbocycles. The lowest BCUT2D eigenvalue weighted by Crippen LogP contribution is -2.38. The minimum atomic E-state index is -0.601. The van der Waals surface area contributed by atoms with Crippen molar-refractivity contribution in [3.63, 3.8) is 0 Å². The molecule has 7 nitrogen and oxygen atoms in total. The third kappa shape index (κ3) is 4.68. The number of benzene rings is 1. The van der Waals surface area contributed by atoms with E-state index in [2.05, 4.69) is 5.32 Å². The van der Waals surface area contributed by atoms with Gasteiger partial charge in [-0.05, 0) is 37.5 Å². The molecule has 162 valence electrons. The first-order chi connectivity index (χ1) is 14.5. The Morgan fingerprint density at radius 2 is 1.97 bits per heavy atom. The molecule has 0 saturated carbocycles. The van der Waals surface area contributed by atoms with E-state index in [1.807, 2.05) is 32.9 Å². The van der Waals surface area contributed by atoms with E-state index >= 15 is 0 Å². The van der Waals surface area contributed by atoms with E-state index in [4.69, 9.17) is 35.8 Å². The van der Waals surface area contributed by atoms with Crippen molar-refractivity contribution in [1.82, 2.24) is 9.97 Å². The molecule has 30 heavy (non-hydrogen) atoms. The fourth-order valence-electron chi connectivity index (χ4n) is 3.36. The Labute approximate surface area is 182 Å². The third-order valence-corrected chi connectivity index (χ3v) is 5.30. The molecule has 0 amide bonds. The molecule has 1 aromatic heterocycles. The van der Waals surface area contributed by atoms with Gasteiger partial charge in [0.05, 0.1) is 29.2 Å². The minimum Gasteiger partial charge on any atom is -0.497 e. The largest absolute Gasteiger partial charge is 0.497 e. The van der Waals surface area contributed by atoms with Crippen LogP contribution in [0.3, 0.4) is 0 Å². The second-order valence-electron chi connectivity index (χ2n) is 7.03. The number of cyclic esters (lactones) is 1. The molecule has 0 radical (unpaired) electrons. The van der Waals surface area contributed by atoms with E-state index in [1.54, 1.807) is 13.2 Å². The number of methoxy groups -OCH3 is 1. The monoisotopic (exact) mass is 433 g/mol. The van der Waals surface area contributed by atoms with Gasteiger partial charge in [-0.3, -0.25) is 0 Å². The van der Waals surface area contributed by atoms with E-state index in [-0.39, 0.29) is 18.7 Å². The van der Waals surface area contributed by atoms with Crippen LogP contribution in [0.1, 0.15) is 38.6 Å². The summed E-state index contributed by atoms with van der Waals surface area (Å²) in [5.74, 6) is 0.929. The molecule has 3 rings (SSSR count). The lowest BCUT2D eigenvalue weighted by molar-refractivity contribution is -0.138. The molecule has 2 atom stereocenters. The van der Waals surface area contributed by atoms with Gasteiger partial charge in [-0.15, -0.1) is 0 Å². The molecule has 2 aromatic rings. The Balaban J connectivity index is 1.96. The van der Waals surface area contributed by atoms with Crippen molar-refractivity contribution in [3.05, 3.63) is 34.6 Å². The summed E-state index contributed by atoms with van der Waals surface area (Å²) in [7, 11) is 1.60. The Kier molecular flexibility index (Phi) is 7.50. The zero-order chi connectivity index (χ0) is 21.7. The number of nitrogens with zero attached hydrogens (tertiary/aromatic N) is 2. The van der Waals surface area contributed by atoms with E-state index in [9.17, 15) is 4.79 Å². The quantitative estimate of drug-likeness (QED) is 0.597. The smallest absolute Gasteiger partial charge is 0.331 e. The number of carbonyl (C=O) groups excluding carboxylic acids is 1. The highest BCUT2D eigenvalue weighted by molar-refractivity contribution is 6.33. The van der Waals surface area contributed by atoms with Gasteiger partial charge >= 0.3 is 5.97 Å². The lowest BCUT2D eigenvalue weighted by Gasteiger charge is -2.20. The highest BCUT2D eigenvalue weighted by Gasteiger charge is 2.38. The summed E-state index contributed by atoms with van der Waals surface area (Å²) in [4.78, 5) is 21.9. The van der Waals surface area contributed by atoms with Gasteiger partial charge in [0, 0.05) is 12.2 Å². The topological polar surface area (TPSA) is 82.6 Å². The molecule has 0 spiro atoms. The lowest BCUT2D eigenvalue weighted by atomic mass is 10.1. The second-order valence-corrected chi connectivity index (χ2v) is 7.44. The number of halogens is 1. The first-order valence-corrected chi connectivity index (χ1v) is 10.7. The summed E-state index contributed by atoms with van der Waals surface area (Å²) in [5, 5.41) is 3.78. The molecule has 1 aliphatic rings. The molecule has 1 N–H and O–H groups in total. The van der Waals surface area contributed by atoms with Crippen LogP contribution < -0.4 is 10.1 Å². The number of aromatic nitrogens is 2. The van der Waals surface area contributed by atoms with Crippen molar-refractivity contribution in [3.8, 4) is 17.0 Å². The molecule has 1 fully saturated rings. The molecule has 2 heterocycles. The number of hydrogen-bond donors (Lipinski definition) is 1. The standard InChI is InChI=1S/C22H28ClN3O4/c1-5-10-29-18-12-30-22(27)20(18)26-21-17(7-3)24-19(16(6-2)25-21)14-9-8-13(28-4)11-15(14)23/h8-9,11,18,20H,5-7,10,12H2,1-4H3,(H,25,26). The zero-order valence-corrected chi connectivity index (χ0v) is 18.6. The van der Waals surface area contributed by atoms with Gasteiger partial charge in [-0.1, -0.05) is 32.4 Å². The molecule has 1 aromatic carbocycles. The predicted octanol–water partition coefficient (Wildman–Crippen LogP) is 4.06. The number of rotatable bonds is 9. The highest BCUT2D eigenvalue weighted by Crippen LogP contribution is 2.33. The molecule has 0 bridgehead atoms. The van der Waals surface area contributed by atoms with E-state index < -0.39 is 6.04 Å². The van der Waals surface area contributed by atoms with Crippen LogP contribution in [0.25, 0.3) is 11.3 Å². The molecule has 1 aliphatic heterocycles. The van der Waals surface area contributed by atoms with Gasteiger partial charge in [0.1, 0.15) is 24.3 Å². The average molecular weight is 434 g/mol. The Bertz CT molecular complexity index is 906. The van der Waals surface area contributed by atoms with Gasteiger partial charge in [0.2, 0.25) is 0 Å². The van der Waals surface area contributed by atoms with Crippen molar-refractivity contribution < 1.29 is 19.0 Å². The summed E-state index contributed by atoms with van der Waals surface area (Å²) in [6.07, 6.45) is 1.83. The molecular formula is C22H28ClN3O4. The van der Waals surface area contributed by atoms with Gasteiger partial charge in [0.25, 0.3) is 0 Å². The maximum atomic E-state index is 12.3. The molecule has 2 unspecified atom stereocenters. The molecule has 1 saturated heterocycles. The summed E-state index contributed by atoms with van der Waals surface area (Å²) in [6.45, 7) is 6.85. The van der Waals surface area contributed by atoms with Crippen LogP contribution in [-0.2, 0) is 27.1 Å². The van der Waals surface area contributed by atoms with Crippen LogP contribution in [0.5, 0.6) is 5.75 Å². The van der Waals surface area contributed by atoms with Gasteiger partial charge in [0.15, 0.2) is 6.04 Å². The average Bonchev–Trinajstić information content (AvgIpc) is 3.11. The SMILES string of the molecule is CCCOC1COC(=O)C1Nc1nc(CC)c(-c2ccc(OC)cc2Cl)nc1CC. The Morgan fingerprint density at radius 1 is 1.20 bits per heavy atom. The van der Waals surface area contributed by atoms with E-state index in [0.717, 1.165) is 29.1 Å². The Morgan fingerprint density at radius 3 is 2.60 bits per heavy atom. The summed E-state index contributed by atoms with van der Waals surface area (Å²) in [5.41, 5.74) is 3.08. The van der Waals surface area contributed by atoms with Crippen LogP contribution in [0.15, 0.2) is 18.2 Å². The highest BCUT2D eigenvalue weighted by atomic mass is 35.5. The summed E-state index contributed by atoms with van der Waals surface area (Å²) < 4.78 is 16.2. The fraction of sp³-hybridized carbons (Fsp3) is 0.500. The van der Waals surface area contributed by atoms with Crippen LogP contribution >= 0.6 is 11.6 Å². The maximum Gasteiger partial charge on any atom is 0.331 e. The van der Waals surface area contributed by atoms with Crippen LogP contribution in [0.2, 0.25) is 5.02 Å². The van der Waals surface area contributed by atoms with Crippen molar-refractivity contribution in [2.75, 3.05) is 25.6 Å². The second kappa shape index (κ2) is 10.1. The van der Waals surface area contributed by atoms with Gasteiger partial charge in [-0.25, -0.2) is 14.8 Å². The maximum absolute atomic E-state index is 12.3. The fourth-order valence-corrected chi connectivity index (χ4v) is 3.62. The first kappa shape index (κ1) is 22.3. The van der Waals surface area contributed by atoms with E-state index in [0.29, 0.717) is 36.0 Å². The van der Waals surface area contributed by atoms with Crippen molar-refractivity contribution in [2.24, 2.45) is 0 Å². The third-order valence-electron chi connectivity index (χ3n) is 4.99.